The highest BCUT2D eigenvalue weighted by molar-refractivity contribution is 5.88. The Hall–Kier alpha value is -1.63. The Morgan fingerprint density at radius 2 is 1.74 bits per heavy atom. The monoisotopic (exact) mass is 436 g/mol. The van der Waals surface area contributed by atoms with Crippen molar-refractivity contribution in [2.24, 2.45) is 11.8 Å². The second kappa shape index (κ2) is 11.3. The molecule has 0 spiro atoms. The van der Waals surface area contributed by atoms with Gasteiger partial charge in [0.2, 0.25) is 5.91 Å². The Labute approximate surface area is 186 Å². The summed E-state index contributed by atoms with van der Waals surface area (Å²) in [5.41, 5.74) is 0. The highest BCUT2D eigenvalue weighted by atomic mass is 16.5. The van der Waals surface area contributed by atoms with Gasteiger partial charge in [-0.05, 0) is 57.8 Å². The summed E-state index contributed by atoms with van der Waals surface area (Å²) in [4.78, 5) is 39.5. The van der Waals surface area contributed by atoms with Gasteiger partial charge in [-0.25, -0.2) is 4.79 Å². The summed E-state index contributed by atoms with van der Waals surface area (Å²) in [6.07, 6.45) is 12.4. The number of carboxylic acids is 1. The summed E-state index contributed by atoms with van der Waals surface area (Å²) < 4.78 is 5.27. The third-order valence-corrected chi connectivity index (χ3v) is 7.61. The molecule has 1 aliphatic heterocycles. The molecule has 0 radical (unpaired) electrons. The first kappa shape index (κ1) is 24.0. The van der Waals surface area contributed by atoms with Crippen molar-refractivity contribution in [3.63, 3.8) is 0 Å². The number of carboxylic acid groups (broad SMARTS) is 1. The van der Waals surface area contributed by atoms with Crippen molar-refractivity contribution in [2.75, 3.05) is 6.61 Å². The van der Waals surface area contributed by atoms with Gasteiger partial charge in [-0.3, -0.25) is 14.9 Å². The van der Waals surface area contributed by atoms with Gasteiger partial charge < -0.3 is 14.7 Å². The van der Waals surface area contributed by atoms with Gasteiger partial charge >= 0.3 is 11.9 Å². The van der Waals surface area contributed by atoms with Crippen LogP contribution in [0.5, 0.6) is 0 Å². The fraction of sp³-hybridized carbons (Fsp3) is 0.875. The summed E-state index contributed by atoms with van der Waals surface area (Å²) in [7, 11) is 0. The maximum atomic E-state index is 13.4. The van der Waals surface area contributed by atoms with Crippen LogP contribution in [0.2, 0.25) is 0 Å². The van der Waals surface area contributed by atoms with E-state index in [1.807, 2.05) is 0 Å². The number of fused-ring (bicyclic) bond motifs is 1. The fourth-order valence-corrected chi connectivity index (χ4v) is 5.98. The maximum Gasteiger partial charge on any atom is 0.326 e. The Morgan fingerprint density at radius 1 is 1.06 bits per heavy atom. The minimum atomic E-state index is -0.922. The third kappa shape index (κ3) is 5.99. The number of esters is 1. The van der Waals surface area contributed by atoms with Crippen LogP contribution in [-0.2, 0) is 19.1 Å². The van der Waals surface area contributed by atoms with E-state index in [9.17, 15) is 19.5 Å². The molecule has 3 aliphatic rings. The quantitative estimate of drug-likeness (QED) is 0.537. The smallest absolute Gasteiger partial charge is 0.326 e. The number of amides is 1. The highest BCUT2D eigenvalue weighted by Gasteiger charge is 2.48. The molecule has 5 atom stereocenters. The fourth-order valence-electron chi connectivity index (χ4n) is 5.98. The van der Waals surface area contributed by atoms with Crippen LogP contribution in [0.3, 0.4) is 0 Å². The summed E-state index contributed by atoms with van der Waals surface area (Å²) in [6.45, 7) is 3.85. The van der Waals surface area contributed by atoms with Crippen LogP contribution < -0.4 is 5.32 Å². The zero-order chi connectivity index (χ0) is 22.4. The van der Waals surface area contributed by atoms with Gasteiger partial charge in [-0.2, -0.15) is 0 Å². The van der Waals surface area contributed by atoms with Crippen LogP contribution in [0.4, 0.5) is 0 Å². The molecule has 176 valence electrons. The van der Waals surface area contributed by atoms with Crippen molar-refractivity contribution >= 4 is 17.8 Å². The number of nitrogens with zero attached hydrogens (tertiary/aromatic N) is 1. The van der Waals surface area contributed by atoms with Crippen molar-refractivity contribution in [3.8, 4) is 0 Å². The molecule has 0 bridgehead atoms. The van der Waals surface area contributed by atoms with E-state index in [1.54, 1.807) is 18.7 Å². The molecule has 7 heteroatoms. The minimum absolute atomic E-state index is 0.00915. The molecule has 1 saturated heterocycles. The number of aliphatic carboxylic acids is 1. The lowest BCUT2D eigenvalue weighted by Crippen LogP contribution is -2.55. The van der Waals surface area contributed by atoms with E-state index < -0.39 is 24.1 Å². The molecule has 0 aromatic heterocycles. The van der Waals surface area contributed by atoms with Crippen molar-refractivity contribution in [1.82, 2.24) is 10.2 Å². The van der Waals surface area contributed by atoms with Gasteiger partial charge in [0.1, 0.15) is 12.1 Å². The predicted octanol–water partition coefficient (Wildman–Crippen LogP) is 3.50. The van der Waals surface area contributed by atoms with E-state index >= 15 is 0 Å². The second-order valence-corrected chi connectivity index (χ2v) is 9.72. The topological polar surface area (TPSA) is 95.9 Å². The van der Waals surface area contributed by atoms with Gasteiger partial charge in [-0.15, -0.1) is 0 Å². The Kier molecular flexibility index (Phi) is 8.76. The first-order valence-electron chi connectivity index (χ1n) is 12.4. The molecule has 7 nitrogen and oxygen atoms in total. The van der Waals surface area contributed by atoms with Crippen LogP contribution >= 0.6 is 0 Å². The molecule has 31 heavy (non-hydrogen) atoms. The molecule has 0 aromatic rings. The van der Waals surface area contributed by atoms with E-state index in [-0.39, 0.29) is 23.8 Å². The van der Waals surface area contributed by atoms with Gasteiger partial charge in [0.25, 0.3) is 0 Å². The number of ether oxygens (including phenoxy) is 1. The van der Waals surface area contributed by atoms with Crippen molar-refractivity contribution in [3.05, 3.63) is 0 Å². The number of nitrogens with one attached hydrogen (secondary N) is 1. The molecule has 2 aliphatic carbocycles. The Morgan fingerprint density at radius 3 is 2.42 bits per heavy atom. The number of likely N-dealkylation sites (tertiary alicyclic amines) is 1. The number of carbonyl (C=O) groups excluding carboxylic acids is 2. The molecule has 0 aromatic carbocycles. The molecular formula is C24H40N2O5. The lowest BCUT2D eigenvalue weighted by atomic mass is 9.84. The molecule has 1 heterocycles. The molecule has 1 amide bonds. The number of hydrogen-bond acceptors (Lipinski definition) is 5. The average molecular weight is 437 g/mol. The second-order valence-electron chi connectivity index (χ2n) is 9.72. The number of carbonyl (C=O) groups is 3. The van der Waals surface area contributed by atoms with E-state index in [0.717, 1.165) is 32.1 Å². The first-order chi connectivity index (χ1) is 14.9. The summed E-state index contributed by atoms with van der Waals surface area (Å²) >= 11 is 0. The zero-order valence-electron chi connectivity index (χ0n) is 19.2. The van der Waals surface area contributed by atoms with Crippen LogP contribution in [0, 0.1) is 11.8 Å². The summed E-state index contributed by atoms with van der Waals surface area (Å²) in [5.74, 6) is -0.526. The number of rotatable bonds is 9. The highest BCUT2D eigenvalue weighted by Crippen LogP contribution is 2.40. The molecular weight excluding hydrogens is 396 g/mol. The van der Waals surface area contributed by atoms with Gasteiger partial charge in [0, 0.05) is 6.04 Å². The molecule has 2 saturated carbocycles. The molecule has 2 N–H and O–H groups in total. The SMILES string of the molecule is CCOC(=O)C(CCC1CCCCC1)N[C@@H](C)C(=O)N1[C@H](C(=O)O)C[C@H]2CCCC[C@@H]21. The first-order valence-corrected chi connectivity index (χ1v) is 12.4. The standard InChI is InChI=1S/C24H40N2O5/c1-3-31-24(30)19(14-13-17-9-5-4-6-10-17)25-16(2)22(27)26-20-12-8-7-11-18(20)15-21(26)23(28)29/h16-21,25H,3-15H2,1-2H3,(H,28,29)/t16-,18+,19?,20-,21-/m0/s1. The molecule has 3 fully saturated rings. The van der Waals surface area contributed by atoms with Crippen molar-refractivity contribution < 1.29 is 24.2 Å². The zero-order valence-corrected chi connectivity index (χ0v) is 19.2. The predicted molar refractivity (Wildman–Crippen MR) is 117 cm³/mol. The largest absolute Gasteiger partial charge is 0.480 e. The normalized spacial score (nSPS) is 28.6. The van der Waals surface area contributed by atoms with E-state index in [0.29, 0.717) is 25.4 Å². The van der Waals surface area contributed by atoms with Crippen LogP contribution in [0.25, 0.3) is 0 Å². The third-order valence-electron chi connectivity index (χ3n) is 7.61. The van der Waals surface area contributed by atoms with Crippen molar-refractivity contribution in [2.45, 2.75) is 115 Å². The Bertz CT molecular complexity index is 633. The van der Waals surface area contributed by atoms with Crippen LogP contribution in [-0.4, -0.2) is 58.6 Å². The van der Waals surface area contributed by atoms with Crippen LogP contribution in [0.15, 0.2) is 0 Å². The van der Waals surface area contributed by atoms with E-state index in [2.05, 4.69) is 5.32 Å². The maximum absolute atomic E-state index is 13.4. The Balaban J connectivity index is 1.65. The lowest BCUT2D eigenvalue weighted by Gasteiger charge is -2.35. The summed E-state index contributed by atoms with van der Waals surface area (Å²) in [6, 6.07) is -1.90. The minimum Gasteiger partial charge on any atom is -0.480 e. The summed E-state index contributed by atoms with van der Waals surface area (Å²) in [5, 5.41) is 13.0. The molecule has 3 rings (SSSR count). The lowest BCUT2D eigenvalue weighted by molar-refractivity contribution is -0.152. The van der Waals surface area contributed by atoms with Crippen LogP contribution in [0.1, 0.15) is 90.9 Å². The van der Waals surface area contributed by atoms with E-state index in [4.69, 9.17) is 4.74 Å². The average Bonchev–Trinajstić information content (AvgIpc) is 3.16. The number of hydrogen-bond donors (Lipinski definition) is 2. The van der Waals surface area contributed by atoms with Crippen molar-refractivity contribution in [1.29, 1.82) is 0 Å². The van der Waals surface area contributed by atoms with Gasteiger partial charge in [0.15, 0.2) is 0 Å². The van der Waals surface area contributed by atoms with Gasteiger partial charge in [0.05, 0.1) is 12.6 Å². The van der Waals surface area contributed by atoms with Gasteiger partial charge in [-0.1, -0.05) is 44.9 Å². The van der Waals surface area contributed by atoms with E-state index in [1.165, 1.54) is 32.1 Å². The molecule has 1 unspecified atom stereocenters.